The third-order valence-electron chi connectivity index (χ3n) is 4.74. The van der Waals surface area contributed by atoms with Gasteiger partial charge in [0.1, 0.15) is 17.8 Å². The van der Waals surface area contributed by atoms with Crippen LogP contribution in [-0.2, 0) is 13.1 Å². The van der Waals surface area contributed by atoms with Gasteiger partial charge in [-0.2, -0.15) is 0 Å². The molecule has 0 atom stereocenters. The van der Waals surface area contributed by atoms with Crippen LogP contribution in [0.5, 0.6) is 0 Å². The molecule has 5 heterocycles. The minimum absolute atomic E-state index is 0.286. The second kappa shape index (κ2) is 8.25. The number of aromatic nitrogens is 5. The van der Waals surface area contributed by atoms with Crippen LogP contribution < -0.4 is 10.6 Å². The zero-order valence-corrected chi connectivity index (χ0v) is 16.5. The van der Waals surface area contributed by atoms with E-state index >= 15 is 0 Å². The van der Waals surface area contributed by atoms with Gasteiger partial charge in [-0.1, -0.05) is 6.07 Å². The minimum atomic E-state index is -0.312. The maximum absolute atomic E-state index is 12.5. The third kappa shape index (κ3) is 3.94. The van der Waals surface area contributed by atoms with Gasteiger partial charge in [0.2, 0.25) is 5.95 Å². The highest BCUT2D eigenvalue weighted by Gasteiger charge is 2.15. The van der Waals surface area contributed by atoms with Gasteiger partial charge in [-0.15, -0.1) is 0 Å². The van der Waals surface area contributed by atoms with Crippen LogP contribution in [0.2, 0.25) is 0 Å². The smallest absolute Gasteiger partial charge is 0.275 e. The lowest BCUT2D eigenvalue weighted by atomic mass is 10.3. The number of pyridine rings is 2. The lowest BCUT2D eigenvalue weighted by Crippen LogP contribution is -2.12. The molecule has 0 fully saturated rings. The van der Waals surface area contributed by atoms with E-state index in [4.69, 9.17) is 9.40 Å². The second-order valence-electron chi connectivity index (χ2n) is 6.86. The number of carbonyl (C=O) groups is 1. The van der Waals surface area contributed by atoms with Crippen molar-refractivity contribution in [2.24, 2.45) is 0 Å². The molecular formula is C22H19N7O2. The van der Waals surface area contributed by atoms with Crippen molar-refractivity contribution in [2.75, 3.05) is 5.32 Å². The Bertz CT molecular complexity index is 1310. The number of furan rings is 1. The summed E-state index contributed by atoms with van der Waals surface area (Å²) in [5.41, 5.74) is 2.75. The molecule has 2 N–H and O–H groups in total. The van der Waals surface area contributed by atoms with Gasteiger partial charge < -0.3 is 15.1 Å². The minimum Gasteiger partial charge on any atom is -0.468 e. The number of nitrogens with zero attached hydrogens (tertiary/aromatic N) is 5. The molecule has 5 aromatic rings. The van der Waals surface area contributed by atoms with E-state index in [0.717, 1.165) is 17.0 Å². The molecule has 0 aliphatic rings. The predicted molar refractivity (Wildman–Crippen MR) is 114 cm³/mol. The third-order valence-corrected chi connectivity index (χ3v) is 4.74. The van der Waals surface area contributed by atoms with Gasteiger partial charge in [0, 0.05) is 25.1 Å². The van der Waals surface area contributed by atoms with Crippen molar-refractivity contribution >= 4 is 17.1 Å². The lowest BCUT2D eigenvalue weighted by molar-refractivity contribution is 0.102. The van der Waals surface area contributed by atoms with Crippen LogP contribution in [0.25, 0.3) is 11.5 Å². The Morgan fingerprint density at radius 3 is 2.90 bits per heavy atom. The van der Waals surface area contributed by atoms with Crippen LogP contribution in [-0.4, -0.2) is 29.8 Å². The first-order chi connectivity index (χ1) is 15.3. The Kier molecular flexibility index (Phi) is 4.99. The van der Waals surface area contributed by atoms with Crippen molar-refractivity contribution < 1.29 is 9.21 Å². The molecular weight excluding hydrogens is 394 g/mol. The van der Waals surface area contributed by atoms with Crippen LogP contribution >= 0.6 is 0 Å². The van der Waals surface area contributed by atoms with E-state index in [-0.39, 0.29) is 11.6 Å². The Balaban J connectivity index is 1.38. The molecule has 0 aromatic carbocycles. The summed E-state index contributed by atoms with van der Waals surface area (Å²) in [6.45, 7) is 1.18. The molecule has 5 rings (SSSR count). The van der Waals surface area contributed by atoms with E-state index < -0.39 is 0 Å². The Morgan fingerprint density at radius 2 is 2.06 bits per heavy atom. The van der Waals surface area contributed by atoms with Crippen LogP contribution in [0.15, 0.2) is 84.3 Å². The summed E-state index contributed by atoms with van der Waals surface area (Å²) in [5, 5.41) is 6.13. The lowest BCUT2D eigenvalue weighted by Gasteiger charge is -2.02. The van der Waals surface area contributed by atoms with E-state index in [2.05, 4.69) is 20.6 Å². The molecule has 0 unspecified atom stereocenters. The van der Waals surface area contributed by atoms with Crippen molar-refractivity contribution in [1.29, 1.82) is 0 Å². The maximum Gasteiger partial charge on any atom is 0.275 e. The number of hydrogen-bond acceptors (Lipinski definition) is 6. The molecule has 0 bridgehead atoms. The molecule has 9 heteroatoms. The van der Waals surface area contributed by atoms with Crippen molar-refractivity contribution in [3.05, 3.63) is 97.0 Å². The molecule has 31 heavy (non-hydrogen) atoms. The molecule has 0 aliphatic carbocycles. The Labute approximate surface area is 177 Å². The number of anilines is 1. The van der Waals surface area contributed by atoms with E-state index in [9.17, 15) is 4.79 Å². The van der Waals surface area contributed by atoms with E-state index in [1.165, 1.54) is 0 Å². The molecule has 0 spiro atoms. The fraction of sp³-hybridized carbons (Fsp3) is 0.0909. The van der Waals surface area contributed by atoms with Gasteiger partial charge in [0.05, 0.1) is 35.9 Å². The number of fused-ring (bicyclic) bond motifs is 1. The maximum atomic E-state index is 12.5. The Hall–Kier alpha value is -4.24. The quantitative estimate of drug-likeness (QED) is 0.425. The highest BCUT2D eigenvalue weighted by Crippen LogP contribution is 2.17. The first-order valence-corrected chi connectivity index (χ1v) is 9.73. The fourth-order valence-corrected chi connectivity index (χ4v) is 3.30. The summed E-state index contributed by atoms with van der Waals surface area (Å²) >= 11 is 0. The van der Waals surface area contributed by atoms with Gasteiger partial charge in [0.15, 0.2) is 0 Å². The number of rotatable bonds is 7. The number of imidazole rings is 2. The van der Waals surface area contributed by atoms with Crippen molar-refractivity contribution in [3.8, 4) is 5.95 Å². The second-order valence-corrected chi connectivity index (χ2v) is 6.86. The van der Waals surface area contributed by atoms with Gasteiger partial charge >= 0.3 is 0 Å². The predicted octanol–water partition coefficient (Wildman–Crippen LogP) is 3.05. The van der Waals surface area contributed by atoms with Crippen molar-refractivity contribution in [1.82, 2.24) is 29.2 Å². The monoisotopic (exact) mass is 413 g/mol. The van der Waals surface area contributed by atoms with Crippen LogP contribution in [0, 0.1) is 0 Å². The average molecular weight is 413 g/mol. The van der Waals surface area contributed by atoms with E-state index in [1.807, 2.05) is 40.9 Å². The van der Waals surface area contributed by atoms with Crippen molar-refractivity contribution in [3.63, 3.8) is 0 Å². The molecule has 0 saturated heterocycles. The zero-order valence-electron chi connectivity index (χ0n) is 16.5. The molecule has 0 aliphatic heterocycles. The number of amides is 1. The van der Waals surface area contributed by atoms with Crippen LogP contribution in [0.1, 0.15) is 21.9 Å². The molecule has 154 valence electrons. The summed E-state index contributed by atoms with van der Waals surface area (Å²) in [7, 11) is 0. The van der Waals surface area contributed by atoms with E-state index in [0.29, 0.717) is 24.7 Å². The summed E-state index contributed by atoms with van der Waals surface area (Å²) in [6.07, 6.45) is 10.1. The number of carbonyl (C=O) groups excluding carboxylic acids is 1. The summed E-state index contributed by atoms with van der Waals surface area (Å²) in [6, 6.07) is 13.2. The first-order valence-electron chi connectivity index (χ1n) is 9.73. The van der Waals surface area contributed by atoms with Gasteiger partial charge in [-0.3, -0.25) is 18.7 Å². The number of nitrogens with one attached hydrogen (secondary N) is 2. The van der Waals surface area contributed by atoms with Gasteiger partial charge in [-0.25, -0.2) is 9.97 Å². The highest BCUT2D eigenvalue weighted by molar-refractivity contribution is 6.02. The standard InChI is InChI=1S/C22H19N7O2/c30-21(26-16-5-3-8-23-11-16)19-14-28(15-25-19)22-27-18(20-7-1-2-9-29(20)22)13-24-12-17-6-4-10-31-17/h1-11,14-15,24H,12-13H2,(H,26,30). The summed E-state index contributed by atoms with van der Waals surface area (Å²) < 4.78 is 9.06. The molecule has 0 saturated carbocycles. The summed E-state index contributed by atoms with van der Waals surface area (Å²) in [5.74, 6) is 1.20. The largest absolute Gasteiger partial charge is 0.468 e. The SMILES string of the molecule is O=C(Nc1cccnc1)c1cn(-c2nc(CNCc3ccco3)c3ccccn23)cn1. The normalized spacial score (nSPS) is 11.1. The molecule has 1 amide bonds. The summed E-state index contributed by atoms with van der Waals surface area (Å²) in [4.78, 5) is 25.6. The molecule has 0 radical (unpaired) electrons. The van der Waals surface area contributed by atoms with Gasteiger partial charge in [0.25, 0.3) is 5.91 Å². The molecule has 9 nitrogen and oxygen atoms in total. The van der Waals surface area contributed by atoms with Crippen LogP contribution in [0.3, 0.4) is 0 Å². The zero-order chi connectivity index (χ0) is 21.0. The fourth-order valence-electron chi connectivity index (χ4n) is 3.30. The first kappa shape index (κ1) is 18.8. The highest BCUT2D eigenvalue weighted by atomic mass is 16.3. The topological polar surface area (TPSA) is 102 Å². The van der Waals surface area contributed by atoms with E-state index in [1.54, 1.807) is 47.9 Å². The number of hydrogen-bond donors (Lipinski definition) is 2. The van der Waals surface area contributed by atoms with Gasteiger partial charge in [-0.05, 0) is 36.4 Å². The van der Waals surface area contributed by atoms with Crippen molar-refractivity contribution in [2.45, 2.75) is 13.1 Å². The van der Waals surface area contributed by atoms with Crippen LogP contribution in [0.4, 0.5) is 5.69 Å². The Morgan fingerprint density at radius 1 is 1.10 bits per heavy atom. The average Bonchev–Trinajstić information content (AvgIpc) is 3.55. The molecule has 5 aromatic heterocycles.